The summed E-state index contributed by atoms with van der Waals surface area (Å²) in [4.78, 5) is 0. The summed E-state index contributed by atoms with van der Waals surface area (Å²) in [6.45, 7) is 19.4. The summed E-state index contributed by atoms with van der Waals surface area (Å²) in [6.07, 6.45) is 0.972. The Morgan fingerprint density at radius 1 is 1.26 bits per heavy atom. The molecule has 110 valence electrons. The standard InChI is InChI=1S/C15H28O3Si/c1-10-9-11(18-19(7,8)14(2,3)4)13-12(10)16-15(5,6)17-13/h11-13H,1,9H2,2-8H3/t11?,12-,13+/m1/s1. The highest BCUT2D eigenvalue weighted by atomic mass is 28.4. The predicted molar refractivity (Wildman–Crippen MR) is 79.7 cm³/mol. The molecule has 2 aliphatic rings. The molecule has 1 saturated carbocycles. The first-order valence-electron chi connectivity index (χ1n) is 7.14. The number of hydrogen-bond acceptors (Lipinski definition) is 3. The van der Waals surface area contributed by atoms with Gasteiger partial charge >= 0.3 is 0 Å². The van der Waals surface area contributed by atoms with Gasteiger partial charge in [0.2, 0.25) is 0 Å². The monoisotopic (exact) mass is 284 g/mol. The first-order chi connectivity index (χ1) is 8.43. The average molecular weight is 284 g/mol. The van der Waals surface area contributed by atoms with E-state index in [1.807, 2.05) is 13.8 Å². The van der Waals surface area contributed by atoms with Crippen LogP contribution in [0.1, 0.15) is 41.0 Å². The van der Waals surface area contributed by atoms with Crippen molar-refractivity contribution in [1.82, 2.24) is 0 Å². The molecule has 0 aromatic heterocycles. The third-order valence-corrected chi connectivity index (χ3v) is 9.12. The lowest BCUT2D eigenvalue weighted by molar-refractivity contribution is -0.156. The second-order valence-electron chi connectivity index (χ2n) is 7.80. The Hall–Kier alpha value is -0.163. The maximum atomic E-state index is 6.51. The highest BCUT2D eigenvalue weighted by Crippen LogP contribution is 2.45. The van der Waals surface area contributed by atoms with Crippen LogP contribution in [0.2, 0.25) is 18.1 Å². The van der Waals surface area contributed by atoms with Gasteiger partial charge in [-0.1, -0.05) is 27.4 Å². The molecule has 19 heavy (non-hydrogen) atoms. The molecule has 1 saturated heterocycles. The van der Waals surface area contributed by atoms with Crippen molar-refractivity contribution in [2.75, 3.05) is 0 Å². The van der Waals surface area contributed by atoms with Crippen LogP contribution in [0.3, 0.4) is 0 Å². The van der Waals surface area contributed by atoms with Crippen LogP contribution in [0.4, 0.5) is 0 Å². The summed E-state index contributed by atoms with van der Waals surface area (Å²) >= 11 is 0. The largest absolute Gasteiger partial charge is 0.411 e. The van der Waals surface area contributed by atoms with E-state index in [2.05, 4.69) is 40.4 Å². The second kappa shape index (κ2) is 4.42. The van der Waals surface area contributed by atoms with Crippen molar-refractivity contribution in [3.8, 4) is 0 Å². The van der Waals surface area contributed by atoms with Crippen molar-refractivity contribution in [2.45, 2.75) is 83.3 Å². The first kappa shape index (κ1) is 15.2. The number of ether oxygens (including phenoxy) is 2. The van der Waals surface area contributed by atoms with Gasteiger partial charge < -0.3 is 13.9 Å². The van der Waals surface area contributed by atoms with Crippen LogP contribution in [0, 0.1) is 0 Å². The van der Waals surface area contributed by atoms with Crippen LogP contribution in [0.15, 0.2) is 12.2 Å². The number of fused-ring (bicyclic) bond motifs is 1. The van der Waals surface area contributed by atoms with Gasteiger partial charge in [-0.15, -0.1) is 0 Å². The van der Waals surface area contributed by atoms with Crippen LogP contribution in [-0.4, -0.2) is 32.4 Å². The molecule has 0 aromatic carbocycles. The molecule has 1 unspecified atom stereocenters. The Bertz CT molecular complexity index is 381. The molecule has 1 heterocycles. The molecule has 0 radical (unpaired) electrons. The summed E-state index contributed by atoms with van der Waals surface area (Å²) in [7, 11) is -1.78. The van der Waals surface area contributed by atoms with Crippen molar-refractivity contribution < 1.29 is 13.9 Å². The third kappa shape index (κ3) is 2.82. The summed E-state index contributed by atoms with van der Waals surface area (Å²) in [5, 5.41) is 0.210. The van der Waals surface area contributed by atoms with E-state index in [0.29, 0.717) is 0 Å². The summed E-state index contributed by atoms with van der Waals surface area (Å²) < 4.78 is 18.5. The van der Waals surface area contributed by atoms with Gasteiger partial charge in [-0.25, -0.2) is 0 Å². The molecular formula is C15H28O3Si. The molecule has 0 spiro atoms. The number of rotatable bonds is 2. The Balaban J connectivity index is 2.13. The van der Waals surface area contributed by atoms with Crippen molar-refractivity contribution in [3.63, 3.8) is 0 Å². The molecule has 0 bridgehead atoms. The van der Waals surface area contributed by atoms with Gasteiger partial charge in [-0.3, -0.25) is 0 Å². The highest BCUT2D eigenvalue weighted by molar-refractivity contribution is 6.74. The minimum absolute atomic E-state index is 0.00442. The lowest BCUT2D eigenvalue weighted by Crippen LogP contribution is -2.46. The molecule has 0 amide bonds. The van der Waals surface area contributed by atoms with E-state index in [-0.39, 0.29) is 23.4 Å². The van der Waals surface area contributed by atoms with Crippen molar-refractivity contribution in [2.24, 2.45) is 0 Å². The lowest BCUT2D eigenvalue weighted by atomic mass is 10.2. The molecule has 2 fully saturated rings. The second-order valence-corrected chi connectivity index (χ2v) is 12.6. The maximum absolute atomic E-state index is 6.51. The molecule has 3 nitrogen and oxygen atoms in total. The van der Waals surface area contributed by atoms with E-state index in [1.165, 1.54) is 0 Å². The van der Waals surface area contributed by atoms with Gasteiger partial charge in [0, 0.05) is 0 Å². The van der Waals surface area contributed by atoms with Crippen LogP contribution in [0.5, 0.6) is 0 Å². The highest BCUT2D eigenvalue weighted by Gasteiger charge is 2.53. The third-order valence-electron chi connectivity index (χ3n) is 4.61. The van der Waals surface area contributed by atoms with Gasteiger partial charge in [-0.2, -0.15) is 0 Å². The average Bonchev–Trinajstić information content (AvgIpc) is 2.62. The predicted octanol–water partition coefficient (Wildman–Crippen LogP) is 3.86. The zero-order valence-electron chi connectivity index (χ0n) is 13.4. The molecular weight excluding hydrogens is 256 g/mol. The molecule has 0 N–H and O–H groups in total. The van der Waals surface area contributed by atoms with E-state index < -0.39 is 14.1 Å². The van der Waals surface area contributed by atoms with Crippen LogP contribution in [0.25, 0.3) is 0 Å². The van der Waals surface area contributed by atoms with Gasteiger partial charge in [0.1, 0.15) is 12.2 Å². The summed E-state index contributed by atoms with van der Waals surface area (Å²) in [6, 6.07) is 0. The van der Waals surface area contributed by atoms with E-state index >= 15 is 0 Å². The van der Waals surface area contributed by atoms with Crippen LogP contribution >= 0.6 is 0 Å². The molecule has 0 aromatic rings. The normalized spacial score (nSPS) is 34.7. The smallest absolute Gasteiger partial charge is 0.192 e. The van der Waals surface area contributed by atoms with Gasteiger partial charge in [0.15, 0.2) is 14.1 Å². The Kier molecular flexibility index (Phi) is 3.54. The van der Waals surface area contributed by atoms with Gasteiger partial charge in [0.05, 0.1) is 6.10 Å². The SMILES string of the molecule is C=C1CC(O[Si](C)(C)C(C)(C)C)[C@@H]2OC(C)(C)O[C@H]12. The first-order valence-corrected chi connectivity index (χ1v) is 10.0. The summed E-state index contributed by atoms with van der Waals surface area (Å²) in [5.74, 6) is -0.520. The molecule has 1 aliphatic carbocycles. The minimum Gasteiger partial charge on any atom is -0.411 e. The minimum atomic E-state index is -1.78. The summed E-state index contributed by atoms with van der Waals surface area (Å²) in [5.41, 5.74) is 1.11. The zero-order chi connectivity index (χ0) is 14.6. The zero-order valence-corrected chi connectivity index (χ0v) is 14.4. The van der Waals surface area contributed by atoms with Crippen molar-refractivity contribution >= 4 is 8.32 Å². The van der Waals surface area contributed by atoms with Crippen molar-refractivity contribution in [1.29, 1.82) is 0 Å². The lowest BCUT2D eigenvalue weighted by Gasteiger charge is -2.39. The fourth-order valence-corrected chi connectivity index (χ4v) is 3.86. The van der Waals surface area contributed by atoms with Crippen LogP contribution in [-0.2, 0) is 13.9 Å². The Labute approximate surface area is 118 Å². The van der Waals surface area contributed by atoms with Gasteiger partial charge in [-0.05, 0) is 44.0 Å². The van der Waals surface area contributed by atoms with Crippen LogP contribution < -0.4 is 0 Å². The fourth-order valence-electron chi connectivity index (χ4n) is 2.53. The van der Waals surface area contributed by atoms with Gasteiger partial charge in [0.25, 0.3) is 0 Å². The quantitative estimate of drug-likeness (QED) is 0.569. The number of hydrogen-bond donors (Lipinski definition) is 0. The van der Waals surface area contributed by atoms with E-state index in [1.54, 1.807) is 0 Å². The van der Waals surface area contributed by atoms with E-state index in [9.17, 15) is 0 Å². The molecule has 3 atom stereocenters. The topological polar surface area (TPSA) is 27.7 Å². The van der Waals surface area contributed by atoms with Crippen molar-refractivity contribution in [3.05, 3.63) is 12.2 Å². The van der Waals surface area contributed by atoms with E-state index in [4.69, 9.17) is 13.9 Å². The fraction of sp³-hybridized carbons (Fsp3) is 0.867. The molecule has 2 rings (SSSR count). The molecule has 4 heteroatoms. The molecule has 1 aliphatic heterocycles. The Morgan fingerprint density at radius 2 is 1.84 bits per heavy atom. The Morgan fingerprint density at radius 3 is 2.37 bits per heavy atom. The van der Waals surface area contributed by atoms with E-state index in [0.717, 1.165) is 12.0 Å². The maximum Gasteiger partial charge on any atom is 0.192 e.